The molecule has 0 saturated carbocycles. The van der Waals surface area contributed by atoms with Crippen molar-refractivity contribution < 1.29 is 52.4 Å². The zero-order valence-electron chi connectivity index (χ0n) is 23.4. The Bertz CT molecular complexity index is 1320. The van der Waals surface area contributed by atoms with E-state index in [9.17, 15) is 39.3 Å². The Morgan fingerprint density at radius 1 is 1.14 bits per heavy atom. The number of phenols is 1. The number of ether oxygens (including phenoxy) is 1. The first kappa shape index (κ1) is 34.1. The van der Waals surface area contributed by atoms with Crippen LogP contribution in [-0.2, 0) is 25.5 Å². The summed E-state index contributed by atoms with van der Waals surface area (Å²) >= 11 is 0. The van der Waals surface area contributed by atoms with Crippen LogP contribution in [0.2, 0.25) is 0 Å². The molecule has 1 aliphatic rings. The second kappa shape index (κ2) is 15.8. The maximum absolute atomic E-state index is 13.2. The Morgan fingerprint density at radius 2 is 1.88 bits per heavy atom. The molecule has 3 atom stereocenters. The number of nitrogens with two attached hydrogens (primary N) is 1. The van der Waals surface area contributed by atoms with Crippen molar-refractivity contribution in [2.75, 3.05) is 26.4 Å². The molecule has 0 fully saturated rings. The summed E-state index contributed by atoms with van der Waals surface area (Å²) in [6.45, 7) is 0.803. The minimum absolute atomic E-state index is 0. The summed E-state index contributed by atoms with van der Waals surface area (Å²) in [4.78, 5) is 61.4. The fourth-order valence-corrected chi connectivity index (χ4v) is 5.51. The molecule has 2 aromatic rings. The van der Waals surface area contributed by atoms with Gasteiger partial charge < -0.3 is 36.6 Å². The molecular formula is C30H42N2O10. The van der Waals surface area contributed by atoms with Crippen molar-refractivity contribution in [1.82, 2.24) is 5.32 Å². The van der Waals surface area contributed by atoms with Crippen LogP contribution in [0.25, 0.3) is 11.1 Å². The number of aliphatic hydroxyl groups is 2. The lowest BCUT2D eigenvalue weighted by Crippen LogP contribution is -2.33. The van der Waals surface area contributed by atoms with E-state index in [-0.39, 0.29) is 69.5 Å². The van der Waals surface area contributed by atoms with Gasteiger partial charge in [-0.25, -0.2) is 0 Å². The lowest BCUT2D eigenvalue weighted by atomic mass is 9.72. The van der Waals surface area contributed by atoms with Gasteiger partial charge in [-0.05, 0) is 72.9 Å². The number of Topliss-reactive ketones (excluding diaryl/α,β-unsaturated/α-hetero) is 2. The molecule has 0 spiro atoms. The number of phenolic OH excluding ortho intramolecular Hbond substituents is 1. The van der Waals surface area contributed by atoms with Crippen LogP contribution in [0.15, 0.2) is 36.4 Å². The van der Waals surface area contributed by atoms with Gasteiger partial charge in [-0.1, -0.05) is 18.2 Å². The van der Waals surface area contributed by atoms with Crippen LogP contribution in [0.5, 0.6) is 5.75 Å². The van der Waals surface area contributed by atoms with Crippen LogP contribution in [0.4, 0.5) is 0 Å². The van der Waals surface area contributed by atoms with E-state index in [1.165, 1.54) is 6.07 Å². The molecule has 3 rings (SSSR count). The topological polar surface area (TPSA) is 225 Å². The van der Waals surface area contributed by atoms with E-state index in [0.29, 0.717) is 29.5 Å². The molecule has 8 N–H and O–H groups in total. The highest BCUT2D eigenvalue weighted by molar-refractivity contribution is 6.03. The van der Waals surface area contributed by atoms with Crippen molar-refractivity contribution in [2.24, 2.45) is 23.5 Å². The maximum Gasteiger partial charge on any atom is 0.325 e. The molecule has 12 heteroatoms. The minimum Gasteiger partial charge on any atom is -0.507 e. The average molecular weight is 591 g/mol. The molecular weight excluding hydrogens is 548 g/mol. The number of nitrogens with one attached hydrogen (secondary N) is 1. The fourth-order valence-electron chi connectivity index (χ4n) is 5.51. The number of ketones is 2. The Labute approximate surface area is 246 Å². The van der Waals surface area contributed by atoms with Gasteiger partial charge in [0.2, 0.25) is 5.91 Å². The minimum atomic E-state index is -0.917. The van der Waals surface area contributed by atoms with Gasteiger partial charge in [0.15, 0.2) is 5.78 Å². The first-order valence-electron chi connectivity index (χ1n) is 13.5. The van der Waals surface area contributed by atoms with E-state index in [4.69, 9.17) is 10.5 Å². The van der Waals surface area contributed by atoms with E-state index >= 15 is 0 Å². The molecule has 2 amide bonds. The van der Waals surface area contributed by atoms with Crippen LogP contribution < -0.4 is 11.1 Å². The third kappa shape index (κ3) is 8.44. The molecule has 0 aromatic heterocycles. The number of hydrogen-bond acceptors (Lipinski definition) is 9. The molecule has 0 radical (unpaired) electrons. The molecule has 1 aliphatic carbocycles. The quantitative estimate of drug-likeness (QED) is 0.157. The molecule has 0 aliphatic heterocycles. The first-order chi connectivity index (χ1) is 19.6. The predicted molar refractivity (Wildman–Crippen MR) is 156 cm³/mol. The summed E-state index contributed by atoms with van der Waals surface area (Å²) in [6.07, 6.45) is 0.413. The maximum atomic E-state index is 13.2. The van der Waals surface area contributed by atoms with Crippen molar-refractivity contribution in [3.8, 4) is 16.9 Å². The lowest BCUT2D eigenvalue weighted by Gasteiger charge is -2.31. The number of carbonyl (C=O) groups excluding carboxylic acids is 5. The zero-order chi connectivity index (χ0) is 30.1. The molecule has 0 saturated heterocycles. The van der Waals surface area contributed by atoms with Crippen LogP contribution >= 0.6 is 0 Å². The van der Waals surface area contributed by atoms with Gasteiger partial charge in [-0.3, -0.25) is 24.0 Å². The number of primary amides is 1. The van der Waals surface area contributed by atoms with E-state index in [2.05, 4.69) is 5.32 Å². The largest absolute Gasteiger partial charge is 0.507 e. The Hall–Kier alpha value is -4.13. The van der Waals surface area contributed by atoms with Crippen LogP contribution in [0.3, 0.4) is 0 Å². The fraction of sp³-hybridized carbons (Fsp3) is 0.433. The number of fused-ring (bicyclic) bond motifs is 1. The van der Waals surface area contributed by atoms with E-state index < -0.39 is 48.4 Å². The van der Waals surface area contributed by atoms with Gasteiger partial charge in [0.25, 0.3) is 5.91 Å². The lowest BCUT2D eigenvalue weighted by molar-refractivity contribution is -0.141. The number of carbonyl (C=O) groups is 5. The smallest absolute Gasteiger partial charge is 0.325 e. The highest BCUT2D eigenvalue weighted by Crippen LogP contribution is 2.41. The van der Waals surface area contributed by atoms with Gasteiger partial charge in [0.05, 0.1) is 25.2 Å². The molecule has 12 nitrogen and oxygen atoms in total. The van der Waals surface area contributed by atoms with Gasteiger partial charge in [-0.2, -0.15) is 0 Å². The van der Waals surface area contributed by atoms with E-state index in [1.807, 2.05) is 0 Å². The zero-order valence-corrected chi connectivity index (χ0v) is 23.4. The highest BCUT2D eigenvalue weighted by Gasteiger charge is 2.35. The van der Waals surface area contributed by atoms with Gasteiger partial charge in [0.1, 0.15) is 18.1 Å². The highest BCUT2D eigenvalue weighted by atomic mass is 16.5. The van der Waals surface area contributed by atoms with Gasteiger partial charge >= 0.3 is 5.97 Å². The van der Waals surface area contributed by atoms with Crippen LogP contribution in [0, 0.1) is 17.8 Å². The van der Waals surface area contributed by atoms with Crippen LogP contribution in [0.1, 0.15) is 61.7 Å². The number of hydrogen-bond donors (Lipinski definition) is 5. The third-order valence-electron chi connectivity index (χ3n) is 7.33. The number of esters is 1. The summed E-state index contributed by atoms with van der Waals surface area (Å²) in [7, 11) is 0. The average Bonchev–Trinajstić information content (AvgIpc) is 2.92. The predicted octanol–water partition coefficient (Wildman–Crippen LogP) is 1.21. The summed E-state index contributed by atoms with van der Waals surface area (Å²) in [6, 6.07) is 9.74. The molecule has 3 unspecified atom stereocenters. The summed E-state index contributed by atoms with van der Waals surface area (Å²) in [5.41, 5.74) is 7.49. The first-order valence-corrected chi connectivity index (χ1v) is 13.5. The van der Waals surface area contributed by atoms with Gasteiger partial charge in [0, 0.05) is 27.4 Å². The summed E-state index contributed by atoms with van der Waals surface area (Å²) < 4.78 is 4.83. The Kier molecular flexibility index (Phi) is 12.8. The molecule has 232 valence electrons. The van der Waals surface area contributed by atoms with Crippen molar-refractivity contribution >= 4 is 29.4 Å². The van der Waals surface area contributed by atoms with Crippen molar-refractivity contribution in [3.63, 3.8) is 0 Å². The number of benzene rings is 2. The molecule has 2 aromatic carbocycles. The van der Waals surface area contributed by atoms with Crippen LogP contribution in [-0.4, -0.2) is 76.5 Å². The number of rotatable bonds is 14. The normalized spacial score (nSPS) is 15.5. The third-order valence-corrected chi connectivity index (χ3v) is 7.33. The Balaban J connectivity index is 0.00000616. The molecule has 42 heavy (non-hydrogen) atoms. The van der Waals surface area contributed by atoms with E-state index in [0.717, 1.165) is 0 Å². The van der Waals surface area contributed by atoms with Crippen molar-refractivity contribution in [3.05, 3.63) is 53.1 Å². The Morgan fingerprint density at radius 3 is 2.52 bits per heavy atom. The van der Waals surface area contributed by atoms with Gasteiger partial charge in [-0.15, -0.1) is 0 Å². The number of aromatic hydroxyl groups is 1. The second-order valence-electron chi connectivity index (χ2n) is 10.2. The molecule has 0 bridgehead atoms. The van der Waals surface area contributed by atoms with Crippen molar-refractivity contribution in [1.29, 1.82) is 0 Å². The van der Waals surface area contributed by atoms with Crippen molar-refractivity contribution in [2.45, 2.75) is 39.0 Å². The monoisotopic (exact) mass is 590 g/mol. The van der Waals surface area contributed by atoms with E-state index in [1.54, 1.807) is 37.3 Å². The SMILES string of the molecule is CCOC(=O)CNC(=O)c1cccc(-c2ccc(O)c3c2CC(CC(CCO)C(CO)C(=O)CC(N)=O)CC3=O)c1.O.[HH].[HH]. The number of aliphatic hydroxyl groups excluding tert-OH is 2. The number of amides is 2. The molecule has 0 heterocycles. The second-order valence-corrected chi connectivity index (χ2v) is 10.2. The standard InChI is InChI=1S/C30H36N2O9.H2O.2H2/c1-2-41-28(39)15-32-30(40)20-5-3-4-18(13-20)21-6-7-24(35)29-22(21)11-17(12-26(29)37)10-19(8-9-33)23(16-34)25(36)14-27(31)38;;;/h3-7,13,17,19,23,33-35H,2,8-12,14-16H2,1H3,(H2,31,38)(H,32,40);1H2;2*1H. The summed E-state index contributed by atoms with van der Waals surface area (Å²) in [5, 5.41) is 32.6. The summed E-state index contributed by atoms with van der Waals surface area (Å²) in [5.74, 6) is -4.51.